The van der Waals surface area contributed by atoms with Crippen molar-refractivity contribution in [1.82, 2.24) is 10.6 Å². The van der Waals surface area contributed by atoms with Crippen LogP contribution in [0.3, 0.4) is 0 Å². The number of ether oxygens (including phenoxy) is 3. The smallest absolute Gasteiger partial charge is 0.317 e. The molecule has 2 aromatic carbocycles. The van der Waals surface area contributed by atoms with Crippen LogP contribution < -0.4 is 24.8 Å². The Bertz CT molecular complexity index is 827. The third kappa shape index (κ3) is 4.84. The lowest BCUT2D eigenvalue weighted by molar-refractivity contribution is 0.174. The van der Waals surface area contributed by atoms with Crippen LogP contribution in [-0.4, -0.2) is 19.6 Å². The molecule has 27 heavy (non-hydrogen) atoms. The molecule has 1 aliphatic heterocycles. The highest BCUT2D eigenvalue weighted by Gasteiger charge is 2.19. The van der Waals surface area contributed by atoms with E-state index in [1.54, 1.807) is 0 Å². The van der Waals surface area contributed by atoms with Gasteiger partial charge in [-0.25, -0.2) is 4.79 Å². The number of hydrogen-bond acceptors (Lipinski definition) is 4. The maximum Gasteiger partial charge on any atom is 0.317 e. The largest absolute Gasteiger partial charge is 0.473 e. The number of carbonyl (C=O) groups excluding carboxylic acids is 1. The minimum absolute atomic E-state index is 0.0387. The second-order valence-corrected chi connectivity index (χ2v) is 7.59. The Labute approximate surface area is 159 Å². The summed E-state index contributed by atoms with van der Waals surface area (Å²) in [7, 11) is 0. The van der Waals surface area contributed by atoms with E-state index < -0.39 is 0 Å². The molecule has 6 nitrogen and oxygen atoms in total. The van der Waals surface area contributed by atoms with Crippen LogP contribution >= 0.6 is 0 Å². The van der Waals surface area contributed by atoms with Crippen LogP contribution in [0.5, 0.6) is 17.2 Å². The average Bonchev–Trinajstić information content (AvgIpc) is 3.08. The maximum absolute atomic E-state index is 12.0. The summed E-state index contributed by atoms with van der Waals surface area (Å²) < 4.78 is 16.4. The molecule has 144 valence electrons. The van der Waals surface area contributed by atoms with Crippen LogP contribution in [0.4, 0.5) is 4.79 Å². The summed E-state index contributed by atoms with van der Waals surface area (Å²) in [4.78, 5) is 12.0. The Balaban J connectivity index is 1.49. The SMILES string of the molecule is Cc1ccc(OCNC(=O)NCc2ccc3c(c2)OCO3)c(C(C)(C)C)c1. The van der Waals surface area contributed by atoms with Gasteiger partial charge in [0.25, 0.3) is 0 Å². The van der Waals surface area contributed by atoms with Gasteiger partial charge in [-0.15, -0.1) is 0 Å². The van der Waals surface area contributed by atoms with Crippen molar-refractivity contribution < 1.29 is 19.0 Å². The zero-order valence-electron chi connectivity index (χ0n) is 16.2. The molecule has 2 amide bonds. The topological polar surface area (TPSA) is 68.8 Å². The van der Waals surface area contributed by atoms with Crippen molar-refractivity contribution in [2.24, 2.45) is 0 Å². The number of carbonyl (C=O) groups is 1. The lowest BCUT2D eigenvalue weighted by atomic mass is 9.85. The number of nitrogens with one attached hydrogen (secondary N) is 2. The third-order valence-electron chi connectivity index (χ3n) is 4.29. The fourth-order valence-electron chi connectivity index (χ4n) is 2.83. The molecule has 0 saturated heterocycles. The molecule has 0 saturated carbocycles. The normalized spacial score (nSPS) is 12.6. The maximum atomic E-state index is 12.0. The molecule has 1 heterocycles. The first-order valence-electron chi connectivity index (χ1n) is 8.97. The number of hydrogen-bond donors (Lipinski definition) is 2. The van der Waals surface area contributed by atoms with Crippen LogP contribution in [0.25, 0.3) is 0 Å². The third-order valence-corrected chi connectivity index (χ3v) is 4.29. The Morgan fingerprint density at radius 3 is 2.63 bits per heavy atom. The highest BCUT2D eigenvalue weighted by Crippen LogP contribution is 2.33. The molecule has 0 fully saturated rings. The molecule has 2 aromatic rings. The first-order valence-corrected chi connectivity index (χ1v) is 8.97. The molecule has 2 N–H and O–H groups in total. The van der Waals surface area contributed by atoms with Crippen molar-refractivity contribution in [2.75, 3.05) is 13.5 Å². The number of rotatable bonds is 5. The van der Waals surface area contributed by atoms with Crippen LogP contribution in [0, 0.1) is 6.92 Å². The Kier molecular flexibility index (Phi) is 5.44. The van der Waals surface area contributed by atoms with E-state index in [2.05, 4.69) is 44.4 Å². The highest BCUT2D eigenvalue weighted by molar-refractivity contribution is 5.73. The Morgan fingerprint density at radius 2 is 1.85 bits per heavy atom. The molecule has 0 radical (unpaired) electrons. The van der Waals surface area contributed by atoms with Gasteiger partial charge in [-0.2, -0.15) is 0 Å². The second kappa shape index (κ2) is 7.78. The summed E-state index contributed by atoms with van der Waals surface area (Å²) in [6.07, 6.45) is 0. The first kappa shape index (κ1) is 18.9. The number of benzene rings is 2. The summed E-state index contributed by atoms with van der Waals surface area (Å²) >= 11 is 0. The Hall–Kier alpha value is -2.89. The molecule has 3 rings (SSSR count). The molecule has 0 aliphatic carbocycles. The van der Waals surface area contributed by atoms with E-state index in [0.717, 1.165) is 22.6 Å². The predicted octanol–water partition coefficient (Wildman–Crippen LogP) is 3.86. The molecule has 0 bridgehead atoms. The molecule has 0 atom stereocenters. The van der Waals surface area contributed by atoms with E-state index in [0.29, 0.717) is 12.3 Å². The van der Waals surface area contributed by atoms with Crippen molar-refractivity contribution >= 4 is 6.03 Å². The van der Waals surface area contributed by atoms with Crippen LogP contribution in [0.15, 0.2) is 36.4 Å². The van der Waals surface area contributed by atoms with Gasteiger partial charge in [0.2, 0.25) is 6.79 Å². The average molecular weight is 370 g/mol. The highest BCUT2D eigenvalue weighted by atomic mass is 16.7. The van der Waals surface area contributed by atoms with Gasteiger partial charge in [0.1, 0.15) is 5.75 Å². The van der Waals surface area contributed by atoms with E-state index in [1.165, 1.54) is 5.56 Å². The number of amides is 2. The van der Waals surface area contributed by atoms with Crippen molar-refractivity contribution in [2.45, 2.75) is 39.7 Å². The van der Waals surface area contributed by atoms with Gasteiger partial charge in [-0.1, -0.05) is 44.5 Å². The van der Waals surface area contributed by atoms with Crippen molar-refractivity contribution in [1.29, 1.82) is 0 Å². The zero-order valence-corrected chi connectivity index (χ0v) is 16.2. The van der Waals surface area contributed by atoms with Gasteiger partial charge < -0.3 is 24.8 Å². The van der Waals surface area contributed by atoms with E-state index in [-0.39, 0.29) is 25.0 Å². The quantitative estimate of drug-likeness (QED) is 0.785. The molecule has 0 unspecified atom stereocenters. The van der Waals surface area contributed by atoms with Gasteiger partial charge >= 0.3 is 6.03 Å². The van der Waals surface area contributed by atoms with Crippen LogP contribution in [0.2, 0.25) is 0 Å². The van der Waals surface area contributed by atoms with Crippen LogP contribution in [0.1, 0.15) is 37.5 Å². The molecule has 6 heteroatoms. The Morgan fingerprint density at radius 1 is 1.07 bits per heavy atom. The van der Waals surface area contributed by atoms with Crippen molar-refractivity contribution in [3.8, 4) is 17.2 Å². The lowest BCUT2D eigenvalue weighted by Gasteiger charge is -2.23. The first-order chi connectivity index (χ1) is 12.8. The molecule has 0 aromatic heterocycles. The predicted molar refractivity (Wildman–Crippen MR) is 103 cm³/mol. The van der Waals surface area contributed by atoms with E-state index in [4.69, 9.17) is 14.2 Å². The van der Waals surface area contributed by atoms with Gasteiger partial charge in [0.15, 0.2) is 18.2 Å². The van der Waals surface area contributed by atoms with Gasteiger partial charge in [-0.3, -0.25) is 0 Å². The second-order valence-electron chi connectivity index (χ2n) is 7.59. The standard InChI is InChI=1S/C21H26N2O4/c1-14-5-7-17(16(9-14)21(2,3)4)25-12-23-20(24)22-11-15-6-8-18-19(10-15)27-13-26-18/h5-10H,11-13H2,1-4H3,(H2,22,23,24). The van der Waals surface area contributed by atoms with E-state index >= 15 is 0 Å². The minimum Gasteiger partial charge on any atom is -0.473 e. The fourth-order valence-corrected chi connectivity index (χ4v) is 2.83. The molecular weight excluding hydrogens is 344 g/mol. The van der Waals surface area contributed by atoms with E-state index in [1.807, 2.05) is 30.3 Å². The molecular formula is C21H26N2O4. The summed E-state index contributed by atoms with van der Waals surface area (Å²) in [6.45, 7) is 9.19. The fraction of sp³-hybridized carbons (Fsp3) is 0.381. The monoisotopic (exact) mass is 370 g/mol. The summed E-state index contributed by atoms with van der Waals surface area (Å²) in [5.41, 5.74) is 3.19. The molecule has 1 aliphatic rings. The minimum atomic E-state index is -0.294. The number of aryl methyl sites for hydroxylation is 1. The number of fused-ring (bicyclic) bond motifs is 1. The zero-order chi connectivity index (χ0) is 19.4. The van der Waals surface area contributed by atoms with Crippen molar-refractivity contribution in [3.63, 3.8) is 0 Å². The molecule has 0 spiro atoms. The number of urea groups is 1. The lowest BCUT2D eigenvalue weighted by Crippen LogP contribution is -2.37. The summed E-state index contributed by atoms with van der Waals surface area (Å²) in [6, 6.07) is 11.4. The van der Waals surface area contributed by atoms with Gasteiger partial charge in [0.05, 0.1) is 0 Å². The van der Waals surface area contributed by atoms with Crippen LogP contribution in [-0.2, 0) is 12.0 Å². The van der Waals surface area contributed by atoms with Crippen molar-refractivity contribution in [3.05, 3.63) is 53.1 Å². The van der Waals surface area contributed by atoms with E-state index in [9.17, 15) is 4.79 Å². The summed E-state index contributed by atoms with van der Waals surface area (Å²) in [5, 5.41) is 5.52. The van der Waals surface area contributed by atoms with Gasteiger partial charge in [-0.05, 0) is 41.7 Å². The van der Waals surface area contributed by atoms with Gasteiger partial charge in [0, 0.05) is 6.54 Å². The summed E-state index contributed by atoms with van der Waals surface area (Å²) in [5.74, 6) is 2.21.